The van der Waals surface area contributed by atoms with Gasteiger partial charge < -0.3 is 10.1 Å². The van der Waals surface area contributed by atoms with Crippen molar-refractivity contribution in [2.24, 2.45) is 0 Å². The lowest BCUT2D eigenvalue weighted by atomic mass is 10.2. The summed E-state index contributed by atoms with van der Waals surface area (Å²) in [6.45, 7) is 0. The summed E-state index contributed by atoms with van der Waals surface area (Å²) in [5, 5.41) is 9.67. The Kier molecular flexibility index (Phi) is 2.04. The quantitative estimate of drug-likeness (QED) is 0.673. The number of rotatable bonds is 1. The third-order valence-corrected chi connectivity index (χ3v) is 2.50. The Balaban J connectivity index is 2.23. The van der Waals surface area contributed by atoms with Crippen LogP contribution in [0.25, 0.3) is 22.4 Å². The normalized spacial score (nSPS) is 10.9. The largest absolute Gasteiger partial charge is 0.507 e. The number of nitrogens with one attached hydrogen (secondary N) is 1. The summed E-state index contributed by atoms with van der Waals surface area (Å²) in [7, 11) is 0. The first-order valence-electron chi connectivity index (χ1n) is 5.02. The van der Waals surface area contributed by atoms with Crippen LogP contribution < -0.4 is 0 Å². The summed E-state index contributed by atoms with van der Waals surface area (Å²) in [5.74, 6) is -0.0141. The van der Waals surface area contributed by atoms with Gasteiger partial charge in [-0.15, -0.1) is 0 Å². The van der Waals surface area contributed by atoms with Crippen LogP contribution >= 0.6 is 0 Å². The second kappa shape index (κ2) is 3.55. The first-order valence-corrected chi connectivity index (χ1v) is 5.02. The number of hydrogen-bond acceptors (Lipinski definition) is 3. The van der Waals surface area contributed by atoms with Crippen molar-refractivity contribution in [3.05, 3.63) is 42.5 Å². The Labute approximate surface area is 95.8 Å². The van der Waals surface area contributed by atoms with Crippen molar-refractivity contribution < 1.29 is 9.50 Å². The standard InChI is InChI=1S/C12H8FN3O/c13-7-1-2-11(17)8(5-7)12-15-9-3-4-14-6-10(9)16-12/h1-6,17H,(H,15,16). The molecule has 17 heavy (non-hydrogen) atoms. The lowest BCUT2D eigenvalue weighted by Crippen LogP contribution is -1.83. The lowest BCUT2D eigenvalue weighted by Gasteiger charge is -2.00. The van der Waals surface area contributed by atoms with Crippen LogP contribution in [0.4, 0.5) is 4.39 Å². The summed E-state index contributed by atoms with van der Waals surface area (Å²) in [6, 6.07) is 5.48. The molecule has 0 aliphatic heterocycles. The number of phenols is 1. The van der Waals surface area contributed by atoms with Crippen molar-refractivity contribution in [2.45, 2.75) is 0 Å². The molecular formula is C12H8FN3O. The SMILES string of the molecule is Oc1ccc(F)cc1-c1nc2ccncc2[nH]1. The van der Waals surface area contributed by atoms with Gasteiger partial charge in [0.1, 0.15) is 17.4 Å². The van der Waals surface area contributed by atoms with E-state index in [0.29, 0.717) is 11.4 Å². The van der Waals surface area contributed by atoms with Gasteiger partial charge in [0.15, 0.2) is 0 Å². The third kappa shape index (κ3) is 1.61. The number of fused-ring (bicyclic) bond motifs is 1. The van der Waals surface area contributed by atoms with E-state index in [0.717, 1.165) is 11.0 Å². The number of aromatic nitrogens is 3. The van der Waals surface area contributed by atoms with E-state index in [9.17, 15) is 9.50 Å². The van der Waals surface area contributed by atoms with Crippen LogP contribution in [-0.4, -0.2) is 20.1 Å². The van der Waals surface area contributed by atoms with Gasteiger partial charge in [0, 0.05) is 6.20 Å². The molecule has 0 saturated heterocycles. The van der Waals surface area contributed by atoms with E-state index in [-0.39, 0.29) is 5.75 Å². The highest BCUT2D eigenvalue weighted by Gasteiger charge is 2.10. The van der Waals surface area contributed by atoms with Crippen LogP contribution in [0.5, 0.6) is 5.75 Å². The number of nitrogens with zero attached hydrogens (tertiary/aromatic N) is 2. The molecule has 3 aromatic rings. The second-order valence-electron chi connectivity index (χ2n) is 3.64. The summed E-state index contributed by atoms with van der Waals surface area (Å²) < 4.78 is 13.1. The molecule has 2 N–H and O–H groups in total. The van der Waals surface area contributed by atoms with Gasteiger partial charge in [0.05, 0.1) is 22.8 Å². The highest BCUT2D eigenvalue weighted by atomic mass is 19.1. The summed E-state index contributed by atoms with van der Waals surface area (Å²) in [6.07, 6.45) is 3.25. The van der Waals surface area contributed by atoms with Crippen molar-refractivity contribution in [1.82, 2.24) is 15.0 Å². The number of phenolic OH excluding ortho intramolecular Hbond substituents is 1. The predicted octanol–water partition coefficient (Wildman–Crippen LogP) is 2.47. The molecule has 0 unspecified atom stereocenters. The van der Waals surface area contributed by atoms with E-state index in [1.165, 1.54) is 18.2 Å². The number of pyridine rings is 1. The van der Waals surface area contributed by atoms with E-state index in [4.69, 9.17) is 0 Å². The average molecular weight is 229 g/mol. The number of benzene rings is 1. The van der Waals surface area contributed by atoms with E-state index >= 15 is 0 Å². The maximum atomic E-state index is 13.1. The molecule has 2 heterocycles. The van der Waals surface area contributed by atoms with Gasteiger partial charge in [-0.2, -0.15) is 0 Å². The minimum absolute atomic E-state index is 0.0154. The van der Waals surface area contributed by atoms with Gasteiger partial charge in [0.25, 0.3) is 0 Å². The van der Waals surface area contributed by atoms with Gasteiger partial charge in [-0.25, -0.2) is 9.37 Å². The first-order chi connectivity index (χ1) is 8.24. The van der Waals surface area contributed by atoms with E-state index in [1.807, 2.05) is 0 Å². The first kappa shape index (κ1) is 9.77. The maximum absolute atomic E-state index is 13.1. The highest BCUT2D eigenvalue weighted by Crippen LogP contribution is 2.28. The van der Waals surface area contributed by atoms with Crippen molar-refractivity contribution in [3.8, 4) is 17.1 Å². The Bertz CT molecular complexity index is 660. The smallest absolute Gasteiger partial charge is 0.142 e. The topological polar surface area (TPSA) is 61.8 Å². The Hall–Kier alpha value is -2.43. The Morgan fingerprint density at radius 2 is 2.12 bits per heavy atom. The van der Waals surface area contributed by atoms with Crippen molar-refractivity contribution >= 4 is 11.0 Å². The molecule has 84 valence electrons. The minimum atomic E-state index is -0.420. The van der Waals surface area contributed by atoms with Crippen molar-refractivity contribution in [2.75, 3.05) is 0 Å². The number of imidazole rings is 1. The monoisotopic (exact) mass is 229 g/mol. The molecule has 2 aromatic heterocycles. The number of hydrogen-bond donors (Lipinski definition) is 2. The van der Waals surface area contributed by atoms with Crippen LogP contribution in [0, 0.1) is 5.82 Å². The molecule has 0 amide bonds. The zero-order chi connectivity index (χ0) is 11.8. The van der Waals surface area contributed by atoms with Gasteiger partial charge in [-0.3, -0.25) is 4.98 Å². The van der Waals surface area contributed by atoms with Gasteiger partial charge in [-0.1, -0.05) is 0 Å². The number of aromatic amines is 1. The molecule has 4 nitrogen and oxygen atoms in total. The fourth-order valence-corrected chi connectivity index (χ4v) is 1.68. The fraction of sp³-hybridized carbons (Fsp3) is 0. The van der Waals surface area contributed by atoms with Gasteiger partial charge in [-0.05, 0) is 24.3 Å². The van der Waals surface area contributed by atoms with E-state index < -0.39 is 5.82 Å². The summed E-state index contributed by atoms with van der Waals surface area (Å²) in [5.41, 5.74) is 1.80. The zero-order valence-electron chi connectivity index (χ0n) is 8.68. The molecule has 0 aliphatic rings. The van der Waals surface area contributed by atoms with Crippen molar-refractivity contribution in [3.63, 3.8) is 0 Å². The van der Waals surface area contributed by atoms with Crippen LogP contribution in [0.1, 0.15) is 0 Å². The van der Waals surface area contributed by atoms with Gasteiger partial charge in [0.2, 0.25) is 0 Å². The fourth-order valence-electron chi connectivity index (χ4n) is 1.68. The van der Waals surface area contributed by atoms with E-state index in [2.05, 4.69) is 15.0 Å². The van der Waals surface area contributed by atoms with Crippen LogP contribution in [0.2, 0.25) is 0 Å². The second-order valence-corrected chi connectivity index (χ2v) is 3.64. The molecule has 0 spiro atoms. The van der Waals surface area contributed by atoms with Gasteiger partial charge >= 0.3 is 0 Å². The molecule has 0 fully saturated rings. The Morgan fingerprint density at radius 1 is 1.24 bits per heavy atom. The number of aromatic hydroxyl groups is 1. The average Bonchev–Trinajstić information content (AvgIpc) is 2.75. The molecule has 0 radical (unpaired) electrons. The Morgan fingerprint density at radius 3 is 2.94 bits per heavy atom. The number of H-pyrrole nitrogens is 1. The predicted molar refractivity (Wildman–Crippen MR) is 60.9 cm³/mol. The molecular weight excluding hydrogens is 221 g/mol. The maximum Gasteiger partial charge on any atom is 0.142 e. The van der Waals surface area contributed by atoms with Crippen LogP contribution in [-0.2, 0) is 0 Å². The summed E-state index contributed by atoms with van der Waals surface area (Å²) in [4.78, 5) is 11.2. The van der Waals surface area contributed by atoms with Crippen molar-refractivity contribution in [1.29, 1.82) is 0 Å². The lowest BCUT2D eigenvalue weighted by molar-refractivity contribution is 0.475. The summed E-state index contributed by atoms with van der Waals surface area (Å²) >= 11 is 0. The highest BCUT2D eigenvalue weighted by molar-refractivity contribution is 5.79. The minimum Gasteiger partial charge on any atom is -0.507 e. The van der Waals surface area contributed by atoms with Crippen LogP contribution in [0.3, 0.4) is 0 Å². The molecule has 0 atom stereocenters. The third-order valence-electron chi connectivity index (χ3n) is 2.50. The molecule has 0 aliphatic carbocycles. The molecule has 0 bridgehead atoms. The number of halogens is 1. The molecule has 1 aromatic carbocycles. The van der Waals surface area contributed by atoms with E-state index in [1.54, 1.807) is 18.5 Å². The molecule has 0 saturated carbocycles. The zero-order valence-corrected chi connectivity index (χ0v) is 8.68. The molecule has 5 heteroatoms. The van der Waals surface area contributed by atoms with Crippen LogP contribution in [0.15, 0.2) is 36.7 Å². The molecule has 3 rings (SSSR count).